The van der Waals surface area contributed by atoms with Gasteiger partial charge < -0.3 is 0 Å². The number of thiazole rings is 1. The first kappa shape index (κ1) is 10.5. The molecular weight excluding hydrogens is 235 g/mol. The van der Waals surface area contributed by atoms with E-state index < -0.39 is 0 Å². The molecule has 0 fully saturated rings. The molecule has 0 amide bonds. The van der Waals surface area contributed by atoms with Gasteiger partial charge in [0.25, 0.3) is 0 Å². The molecule has 0 unspecified atom stereocenters. The van der Waals surface area contributed by atoms with Crippen molar-refractivity contribution in [3.05, 3.63) is 41.2 Å². The Hall–Kier alpha value is -0.970. The molecule has 1 N–H and O–H groups in total. The van der Waals surface area contributed by atoms with Gasteiger partial charge in [-0.2, -0.15) is 0 Å². The van der Waals surface area contributed by atoms with Gasteiger partial charge in [0.2, 0.25) is 0 Å². The third-order valence-corrected chi connectivity index (χ3v) is 3.07. The van der Waals surface area contributed by atoms with E-state index in [1.165, 1.54) is 23.5 Å². The molecule has 2 nitrogen and oxygen atoms in total. The fraction of sp³-hybridized carbons (Fsp3) is 0.100. The van der Waals surface area contributed by atoms with Crippen LogP contribution < -0.4 is 4.84 Å². The second-order valence-corrected chi connectivity index (χ2v) is 4.33. The summed E-state index contributed by atoms with van der Waals surface area (Å²) >= 11 is 6.93. The van der Waals surface area contributed by atoms with Crippen LogP contribution in [0.1, 0.15) is 4.88 Å². The molecule has 0 bridgehead atoms. The van der Waals surface area contributed by atoms with Crippen LogP contribution in [0.4, 0.5) is 4.39 Å². The van der Waals surface area contributed by atoms with E-state index in [1.54, 1.807) is 18.3 Å². The first-order valence-corrected chi connectivity index (χ1v) is 5.53. The van der Waals surface area contributed by atoms with Gasteiger partial charge in [0.1, 0.15) is 10.8 Å². The Morgan fingerprint density at radius 3 is 2.73 bits per heavy atom. The molecule has 0 saturated heterocycles. The zero-order chi connectivity index (χ0) is 10.7. The summed E-state index contributed by atoms with van der Waals surface area (Å²) in [5.41, 5.74) is 0.919. The van der Waals surface area contributed by atoms with Gasteiger partial charge in [-0.15, -0.1) is 11.3 Å². The summed E-state index contributed by atoms with van der Waals surface area (Å²) < 4.78 is 12.7. The molecule has 2 rings (SSSR count). The van der Waals surface area contributed by atoms with Crippen molar-refractivity contribution < 1.29 is 4.39 Å². The van der Waals surface area contributed by atoms with Gasteiger partial charge in [-0.05, 0) is 36.0 Å². The summed E-state index contributed by atoms with van der Waals surface area (Å²) in [6.07, 6.45) is 1.76. The summed E-state index contributed by atoms with van der Waals surface area (Å²) in [5, 5.41) is 0.872. The van der Waals surface area contributed by atoms with Crippen molar-refractivity contribution in [1.82, 2.24) is 9.82 Å². The molecule has 78 valence electrons. The summed E-state index contributed by atoms with van der Waals surface area (Å²) in [7, 11) is 0. The van der Waals surface area contributed by atoms with Crippen LogP contribution in [-0.4, -0.2) is 4.98 Å². The third-order valence-electron chi connectivity index (χ3n) is 1.89. The van der Waals surface area contributed by atoms with E-state index in [0.717, 1.165) is 15.4 Å². The van der Waals surface area contributed by atoms with E-state index in [9.17, 15) is 4.39 Å². The average Bonchev–Trinajstić information content (AvgIpc) is 2.68. The molecular formula is C10H8ClFN2S. The maximum absolute atomic E-state index is 12.7. The van der Waals surface area contributed by atoms with Crippen LogP contribution in [0.15, 0.2) is 30.5 Å². The minimum Gasteiger partial charge on any atom is -0.244 e. The van der Waals surface area contributed by atoms with Gasteiger partial charge in [-0.25, -0.2) is 14.2 Å². The number of rotatable bonds is 3. The first-order chi connectivity index (χ1) is 7.29. The van der Waals surface area contributed by atoms with Crippen molar-refractivity contribution >= 4 is 23.1 Å². The van der Waals surface area contributed by atoms with Crippen LogP contribution in [0, 0.1) is 5.82 Å². The van der Waals surface area contributed by atoms with Crippen LogP contribution >= 0.6 is 23.1 Å². The predicted molar refractivity (Wildman–Crippen MR) is 60.2 cm³/mol. The molecule has 1 heterocycles. The topological polar surface area (TPSA) is 24.9 Å². The molecule has 0 saturated carbocycles. The minimum atomic E-state index is -0.238. The van der Waals surface area contributed by atoms with Crippen molar-refractivity contribution in [2.75, 3.05) is 0 Å². The molecule has 0 atom stereocenters. The van der Waals surface area contributed by atoms with E-state index in [0.29, 0.717) is 6.54 Å². The molecule has 15 heavy (non-hydrogen) atoms. The standard InChI is InChI=1S/C10H8ClFN2S/c11-14-6-9-5-13-10(15-9)7-1-3-8(12)4-2-7/h1-5,14H,6H2. The third kappa shape index (κ3) is 2.53. The van der Waals surface area contributed by atoms with E-state index in [4.69, 9.17) is 11.8 Å². The highest BCUT2D eigenvalue weighted by Crippen LogP contribution is 2.25. The zero-order valence-corrected chi connectivity index (χ0v) is 9.28. The van der Waals surface area contributed by atoms with Gasteiger partial charge in [-0.3, -0.25) is 0 Å². The number of aromatic nitrogens is 1. The van der Waals surface area contributed by atoms with Gasteiger partial charge in [-0.1, -0.05) is 0 Å². The Kier molecular flexibility index (Phi) is 3.30. The van der Waals surface area contributed by atoms with E-state index in [2.05, 4.69) is 9.82 Å². The molecule has 1 aromatic carbocycles. The van der Waals surface area contributed by atoms with Gasteiger partial charge in [0.15, 0.2) is 0 Å². The SMILES string of the molecule is Fc1ccc(-c2ncc(CNCl)s2)cc1. The summed E-state index contributed by atoms with van der Waals surface area (Å²) in [4.78, 5) is 7.82. The highest BCUT2D eigenvalue weighted by atomic mass is 35.5. The van der Waals surface area contributed by atoms with Crippen LogP contribution in [0.5, 0.6) is 0 Å². The number of hydrogen-bond donors (Lipinski definition) is 1. The normalized spacial score (nSPS) is 10.5. The summed E-state index contributed by atoms with van der Waals surface area (Å²) in [6.45, 7) is 0.584. The van der Waals surface area contributed by atoms with Crippen LogP contribution in [0.3, 0.4) is 0 Å². The average molecular weight is 243 g/mol. The van der Waals surface area contributed by atoms with Crippen molar-refractivity contribution in [2.45, 2.75) is 6.54 Å². The molecule has 0 aliphatic carbocycles. The number of benzene rings is 1. The Morgan fingerprint density at radius 1 is 1.33 bits per heavy atom. The molecule has 5 heteroatoms. The molecule has 0 aliphatic heterocycles. The first-order valence-electron chi connectivity index (χ1n) is 4.34. The Balaban J connectivity index is 2.25. The maximum atomic E-state index is 12.7. The van der Waals surface area contributed by atoms with Crippen molar-refractivity contribution in [3.63, 3.8) is 0 Å². The lowest BCUT2D eigenvalue weighted by Crippen LogP contribution is -1.94. The molecule has 1 aromatic heterocycles. The number of hydrogen-bond acceptors (Lipinski definition) is 3. The molecule has 0 radical (unpaired) electrons. The Morgan fingerprint density at radius 2 is 2.07 bits per heavy atom. The lowest BCUT2D eigenvalue weighted by molar-refractivity contribution is 0.628. The fourth-order valence-corrected chi connectivity index (χ4v) is 2.26. The van der Waals surface area contributed by atoms with Gasteiger partial charge >= 0.3 is 0 Å². The summed E-state index contributed by atoms with van der Waals surface area (Å²) in [5.74, 6) is -0.238. The summed E-state index contributed by atoms with van der Waals surface area (Å²) in [6, 6.07) is 6.28. The smallest absolute Gasteiger partial charge is 0.123 e. The number of halogens is 2. The van der Waals surface area contributed by atoms with Crippen molar-refractivity contribution in [2.24, 2.45) is 0 Å². The quantitative estimate of drug-likeness (QED) is 0.837. The second-order valence-electron chi connectivity index (χ2n) is 2.95. The van der Waals surface area contributed by atoms with Crippen LogP contribution in [-0.2, 0) is 6.54 Å². The Labute approximate surface area is 95.8 Å². The van der Waals surface area contributed by atoms with E-state index in [1.807, 2.05) is 0 Å². The van der Waals surface area contributed by atoms with Crippen LogP contribution in [0.25, 0.3) is 10.6 Å². The van der Waals surface area contributed by atoms with E-state index in [-0.39, 0.29) is 5.82 Å². The highest BCUT2D eigenvalue weighted by Gasteiger charge is 2.04. The van der Waals surface area contributed by atoms with Crippen LogP contribution in [0.2, 0.25) is 0 Å². The second kappa shape index (κ2) is 4.70. The predicted octanol–water partition coefficient (Wildman–Crippen LogP) is 3.19. The van der Waals surface area contributed by atoms with Crippen molar-refractivity contribution in [1.29, 1.82) is 0 Å². The number of nitrogens with zero attached hydrogens (tertiary/aromatic N) is 1. The lowest BCUT2D eigenvalue weighted by Gasteiger charge is -1.94. The van der Waals surface area contributed by atoms with E-state index >= 15 is 0 Å². The largest absolute Gasteiger partial charge is 0.244 e. The minimum absolute atomic E-state index is 0.238. The number of nitrogens with one attached hydrogen (secondary N) is 1. The Bertz CT molecular complexity index is 441. The highest BCUT2D eigenvalue weighted by molar-refractivity contribution is 7.15. The fourth-order valence-electron chi connectivity index (χ4n) is 1.18. The zero-order valence-electron chi connectivity index (χ0n) is 7.71. The van der Waals surface area contributed by atoms with Gasteiger partial charge in [0.05, 0.1) is 0 Å². The molecule has 0 aliphatic rings. The monoisotopic (exact) mass is 242 g/mol. The molecule has 0 spiro atoms. The molecule has 2 aromatic rings. The maximum Gasteiger partial charge on any atom is 0.123 e. The van der Waals surface area contributed by atoms with Gasteiger partial charge in [0, 0.05) is 23.2 Å². The van der Waals surface area contributed by atoms with Crippen molar-refractivity contribution in [3.8, 4) is 10.6 Å². The lowest BCUT2D eigenvalue weighted by atomic mass is 10.2.